The summed E-state index contributed by atoms with van der Waals surface area (Å²) < 4.78 is 7.78. The summed E-state index contributed by atoms with van der Waals surface area (Å²) in [4.78, 5) is 0. The summed E-state index contributed by atoms with van der Waals surface area (Å²) in [6, 6.07) is 6.52. The Morgan fingerprint density at radius 2 is 2.06 bits per heavy atom. The highest BCUT2D eigenvalue weighted by Gasteiger charge is 2.41. The van der Waals surface area contributed by atoms with Crippen molar-refractivity contribution in [2.45, 2.75) is 51.4 Å². The Labute approximate surface area is 114 Å². The van der Waals surface area contributed by atoms with Crippen molar-refractivity contribution in [3.05, 3.63) is 33.8 Å². The summed E-state index contributed by atoms with van der Waals surface area (Å²) in [6.45, 7) is 9.08. The molecule has 0 radical (unpaired) electrons. The molecule has 1 unspecified atom stereocenters. The lowest BCUT2D eigenvalue weighted by atomic mass is 9.93. The molecule has 1 aliphatic carbocycles. The Kier molecular flexibility index (Phi) is 3.54. The molecule has 1 aromatic rings. The Bertz CT molecular complexity index is 425. The van der Waals surface area contributed by atoms with Crippen LogP contribution in [0, 0.1) is 0 Å². The molecule has 0 bridgehead atoms. The molecule has 0 fully saturated rings. The summed E-state index contributed by atoms with van der Waals surface area (Å²) in [7, 11) is -1.52. The molecule has 1 aliphatic rings. The van der Waals surface area contributed by atoms with Gasteiger partial charge in [-0.2, -0.15) is 0 Å². The molecular weight excluding hydrogens is 292 g/mol. The van der Waals surface area contributed by atoms with Gasteiger partial charge in [-0.05, 0) is 56.1 Å². The van der Waals surface area contributed by atoms with Gasteiger partial charge in [-0.1, -0.05) is 35.0 Å². The molecule has 0 aliphatic heterocycles. The molecule has 17 heavy (non-hydrogen) atoms. The number of hydrogen-bond acceptors (Lipinski definition) is 1. The van der Waals surface area contributed by atoms with Crippen LogP contribution in [0.3, 0.4) is 0 Å². The first kappa shape index (κ1) is 13.3. The third kappa shape index (κ3) is 2.51. The summed E-state index contributed by atoms with van der Waals surface area (Å²) in [5.74, 6) is 0. The molecule has 1 nitrogen and oxygen atoms in total. The zero-order valence-electron chi connectivity index (χ0n) is 11.1. The van der Waals surface area contributed by atoms with Gasteiger partial charge in [0.1, 0.15) is 0 Å². The molecule has 3 heteroatoms. The van der Waals surface area contributed by atoms with E-state index in [1.165, 1.54) is 15.6 Å². The van der Waals surface area contributed by atoms with Gasteiger partial charge in [-0.25, -0.2) is 0 Å². The third-order valence-electron chi connectivity index (χ3n) is 3.46. The fourth-order valence-electron chi connectivity index (χ4n) is 2.83. The van der Waals surface area contributed by atoms with Crippen molar-refractivity contribution in [3.8, 4) is 0 Å². The summed E-state index contributed by atoms with van der Waals surface area (Å²) in [5.41, 5.74) is 2.84. The van der Waals surface area contributed by atoms with Crippen LogP contribution in [0.5, 0.6) is 0 Å². The predicted molar refractivity (Wildman–Crippen MR) is 78.9 cm³/mol. The second-order valence-electron chi connectivity index (χ2n) is 5.83. The van der Waals surface area contributed by atoms with Crippen LogP contribution >= 0.6 is 15.9 Å². The fourth-order valence-corrected chi connectivity index (χ4v) is 4.93. The maximum absolute atomic E-state index is 6.53. The van der Waals surface area contributed by atoms with Crippen LogP contribution in [0.15, 0.2) is 22.7 Å². The van der Waals surface area contributed by atoms with Crippen molar-refractivity contribution in [3.63, 3.8) is 0 Å². The van der Waals surface area contributed by atoms with Crippen molar-refractivity contribution >= 4 is 24.2 Å². The molecule has 0 heterocycles. The van der Waals surface area contributed by atoms with Gasteiger partial charge >= 0.3 is 0 Å². The van der Waals surface area contributed by atoms with E-state index in [0.29, 0.717) is 0 Å². The van der Waals surface area contributed by atoms with E-state index in [9.17, 15) is 0 Å². The quantitative estimate of drug-likeness (QED) is 0.725. The maximum atomic E-state index is 6.53. The number of benzene rings is 1. The van der Waals surface area contributed by atoms with Gasteiger partial charge in [0, 0.05) is 4.47 Å². The largest absolute Gasteiger partial charge is 0.408 e. The zero-order chi connectivity index (χ0) is 12.7. The minimum absolute atomic E-state index is 0.0242. The smallest absolute Gasteiger partial charge is 0.184 e. The van der Waals surface area contributed by atoms with Gasteiger partial charge < -0.3 is 4.43 Å². The first-order valence-corrected chi connectivity index (χ1v) is 10.6. The topological polar surface area (TPSA) is 9.23 Å². The van der Waals surface area contributed by atoms with E-state index in [2.05, 4.69) is 60.7 Å². The SMILES string of the molecule is CCC1(O[Si](C)(C)C)CCc2c(Br)cccc21. The minimum Gasteiger partial charge on any atom is -0.408 e. The fraction of sp³-hybridized carbons (Fsp3) is 0.571. The van der Waals surface area contributed by atoms with E-state index >= 15 is 0 Å². The average Bonchev–Trinajstić information content (AvgIpc) is 2.57. The Hall–Kier alpha value is -0.123. The van der Waals surface area contributed by atoms with Crippen LogP contribution in [0.2, 0.25) is 19.6 Å². The third-order valence-corrected chi connectivity index (χ3v) is 5.21. The lowest BCUT2D eigenvalue weighted by Crippen LogP contribution is -2.38. The lowest BCUT2D eigenvalue weighted by molar-refractivity contribution is 0.0552. The summed E-state index contributed by atoms with van der Waals surface area (Å²) in [6.07, 6.45) is 3.33. The second-order valence-corrected chi connectivity index (χ2v) is 11.1. The number of fused-ring (bicyclic) bond motifs is 1. The predicted octanol–water partition coefficient (Wildman–Crippen LogP) is 4.85. The van der Waals surface area contributed by atoms with Crippen LogP contribution in [0.4, 0.5) is 0 Å². The van der Waals surface area contributed by atoms with Crippen molar-refractivity contribution in [1.29, 1.82) is 0 Å². The van der Waals surface area contributed by atoms with Gasteiger partial charge in [-0.15, -0.1) is 0 Å². The van der Waals surface area contributed by atoms with E-state index < -0.39 is 8.32 Å². The lowest BCUT2D eigenvalue weighted by Gasteiger charge is -2.36. The molecule has 0 aromatic heterocycles. The molecule has 0 saturated carbocycles. The van der Waals surface area contributed by atoms with Crippen LogP contribution < -0.4 is 0 Å². The van der Waals surface area contributed by atoms with Gasteiger partial charge in [0.2, 0.25) is 0 Å². The number of rotatable bonds is 3. The van der Waals surface area contributed by atoms with Gasteiger partial charge in [0.25, 0.3) is 0 Å². The van der Waals surface area contributed by atoms with Gasteiger partial charge in [0.15, 0.2) is 8.32 Å². The second kappa shape index (κ2) is 4.52. The normalized spacial score (nSPS) is 23.8. The molecule has 0 saturated heterocycles. The highest BCUT2D eigenvalue weighted by Crippen LogP contribution is 2.46. The Balaban J connectivity index is 2.44. The molecular formula is C14H21BrOSi. The highest BCUT2D eigenvalue weighted by atomic mass is 79.9. The molecule has 0 amide bonds. The standard InChI is InChI=1S/C14H21BrOSi/c1-5-14(16-17(2,3)4)10-9-11-12(14)7-6-8-13(11)15/h6-8H,5,9-10H2,1-4H3. The molecule has 0 N–H and O–H groups in total. The van der Waals surface area contributed by atoms with Crippen LogP contribution in [0.25, 0.3) is 0 Å². The molecule has 94 valence electrons. The van der Waals surface area contributed by atoms with E-state index in [1.54, 1.807) is 0 Å². The average molecular weight is 313 g/mol. The Morgan fingerprint density at radius 3 is 2.65 bits per heavy atom. The maximum Gasteiger partial charge on any atom is 0.184 e. The molecule has 1 aromatic carbocycles. The first-order valence-electron chi connectivity index (χ1n) is 6.36. The van der Waals surface area contributed by atoms with Gasteiger partial charge in [0.05, 0.1) is 5.60 Å². The van der Waals surface area contributed by atoms with Gasteiger partial charge in [-0.3, -0.25) is 0 Å². The summed E-state index contributed by atoms with van der Waals surface area (Å²) in [5, 5.41) is 0. The van der Waals surface area contributed by atoms with E-state index in [0.717, 1.165) is 19.3 Å². The van der Waals surface area contributed by atoms with E-state index in [4.69, 9.17) is 4.43 Å². The van der Waals surface area contributed by atoms with Crippen molar-refractivity contribution in [1.82, 2.24) is 0 Å². The van der Waals surface area contributed by atoms with E-state index in [-0.39, 0.29) is 5.60 Å². The van der Waals surface area contributed by atoms with Crippen molar-refractivity contribution in [2.24, 2.45) is 0 Å². The van der Waals surface area contributed by atoms with E-state index in [1.807, 2.05) is 0 Å². The Morgan fingerprint density at radius 1 is 1.35 bits per heavy atom. The minimum atomic E-state index is -1.52. The van der Waals surface area contributed by atoms with Crippen LogP contribution in [0.1, 0.15) is 30.9 Å². The summed E-state index contributed by atoms with van der Waals surface area (Å²) >= 11 is 3.66. The monoisotopic (exact) mass is 312 g/mol. The first-order chi connectivity index (χ1) is 7.88. The van der Waals surface area contributed by atoms with Crippen molar-refractivity contribution in [2.75, 3.05) is 0 Å². The molecule has 1 atom stereocenters. The number of hydrogen-bond donors (Lipinski definition) is 0. The zero-order valence-corrected chi connectivity index (χ0v) is 13.7. The number of halogens is 1. The molecule has 0 spiro atoms. The van der Waals surface area contributed by atoms with Crippen molar-refractivity contribution < 1.29 is 4.43 Å². The van der Waals surface area contributed by atoms with Crippen LogP contribution in [-0.4, -0.2) is 8.32 Å². The van der Waals surface area contributed by atoms with Crippen LogP contribution in [-0.2, 0) is 16.4 Å². The highest BCUT2D eigenvalue weighted by molar-refractivity contribution is 9.10. The molecule has 2 rings (SSSR count).